The molecule has 0 fully saturated rings. The maximum absolute atomic E-state index is 4.24. The van der Waals surface area contributed by atoms with Gasteiger partial charge in [-0.25, -0.2) is 0 Å². The fourth-order valence-electron chi connectivity index (χ4n) is 1.14. The van der Waals surface area contributed by atoms with Gasteiger partial charge in [-0.15, -0.1) is 0 Å². The Morgan fingerprint density at radius 3 is 2.20 bits per heavy atom. The standard InChI is InChI=1S/C7H13N3/c1-5-7(8-3)6(2)10(4)9-5/h8H,1-4H3. The number of rotatable bonds is 1. The van der Waals surface area contributed by atoms with Crippen LogP contribution >= 0.6 is 0 Å². The van der Waals surface area contributed by atoms with Crippen LogP contribution in [0.3, 0.4) is 0 Å². The van der Waals surface area contributed by atoms with Crippen LogP contribution in [0.2, 0.25) is 0 Å². The predicted octanol–water partition coefficient (Wildman–Crippen LogP) is 1.08. The first-order chi connectivity index (χ1) is 4.66. The van der Waals surface area contributed by atoms with Crippen molar-refractivity contribution in [2.75, 3.05) is 12.4 Å². The van der Waals surface area contributed by atoms with E-state index in [1.54, 1.807) is 0 Å². The molecule has 0 aromatic carbocycles. The number of anilines is 1. The minimum absolute atomic E-state index is 1.06. The smallest absolute Gasteiger partial charge is 0.0827 e. The molecule has 3 nitrogen and oxygen atoms in total. The van der Waals surface area contributed by atoms with Crippen LogP contribution in [-0.4, -0.2) is 16.8 Å². The molecular formula is C7H13N3. The van der Waals surface area contributed by atoms with Crippen LogP contribution in [0.25, 0.3) is 0 Å². The van der Waals surface area contributed by atoms with Gasteiger partial charge in [0.2, 0.25) is 0 Å². The topological polar surface area (TPSA) is 29.9 Å². The lowest BCUT2D eigenvalue weighted by molar-refractivity contribution is 0.731. The Bertz CT molecular complexity index is 237. The van der Waals surface area contributed by atoms with Gasteiger partial charge in [0.15, 0.2) is 0 Å². The molecule has 10 heavy (non-hydrogen) atoms. The van der Waals surface area contributed by atoms with Crippen LogP contribution in [0, 0.1) is 13.8 Å². The Balaban J connectivity index is 3.20. The molecule has 0 unspecified atom stereocenters. The van der Waals surface area contributed by atoms with E-state index in [0.29, 0.717) is 0 Å². The van der Waals surface area contributed by atoms with E-state index in [9.17, 15) is 0 Å². The quantitative estimate of drug-likeness (QED) is 0.631. The fraction of sp³-hybridized carbons (Fsp3) is 0.571. The lowest BCUT2D eigenvalue weighted by atomic mass is 10.3. The van der Waals surface area contributed by atoms with E-state index in [-0.39, 0.29) is 0 Å². The van der Waals surface area contributed by atoms with Crippen LogP contribution in [0.1, 0.15) is 11.4 Å². The average Bonchev–Trinajstić information content (AvgIpc) is 2.09. The van der Waals surface area contributed by atoms with Crippen LogP contribution in [-0.2, 0) is 7.05 Å². The molecule has 1 N–H and O–H groups in total. The molecule has 0 bridgehead atoms. The van der Waals surface area contributed by atoms with Crippen molar-refractivity contribution in [2.24, 2.45) is 7.05 Å². The molecule has 0 aliphatic heterocycles. The molecule has 56 valence electrons. The molecule has 1 heterocycles. The zero-order chi connectivity index (χ0) is 7.72. The fourth-order valence-corrected chi connectivity index (χ4v) is 1.14. The van der Waals surface area contributed by atoms with E-state index < -0.39 is 0 Å². The summed E-state index contributed by atoms with van der Waals surface area (Å²) in [5.74, 6) is 0. The Hall–Kier alpha value is -0.990. The minimum Gasteiger partial charge on any atom is -0.385 e. The normalized spacial score (nSPS) is 10.0. The molecule has 3 heteroatoms. The Morgan fingerprint density at radius 2 is 2.00 bits per heavy atom. The Labute approximate surface area is 61.0 Å². The van der Waals surface area contributed by atoms with Gasteiger partial charge in [0.25, 0.3) is 0 Å². The lowest BCUT2D eigenvalue weighted by Crippen LogP contribution is -1.94. The molecule has 0 atom stereocenters. The molecule has 1 aromatic heterocycles. The van der Waals surface area contributed by atoms with Gasteiger partial charge in [-0.2, -0.15) is 5.10 Å². The summed E-state index contributed by atoms with van der Waals surface area (Å²) >= 11 is 0. The number of aryl methyl sites for hydroxylation is 2. The number of nitrogens with one attached hydrogen (secondary N) is 1. The van der Waals surface area contributed by atoms with Gasteiger partial charge >= 0.3 is 0 Å². The summed E-state index contributed by atoms with van der Waals surface area (Å²) < 4.78 is 1.88. The summed E-state index contributed by atoms with van der Waals surface area (Å²) in [6.07, 6.45) is 0. The van der Waals surface area contributed by atoms with Crippen LogP contribution in [0.5, 0.6) is 0 Å². The van der Waals surface area contributed by atoms with Gasteiger partial charge in [-0.3, -0.25) is 4.68 Å². The van der Waals surface area contributed by atoms with E-state index in [1.165, 1.54) is 5.69 Å². The molecular weight excluding hydrogens is 126 g/mol. The maximum Gasteiger partial charge on any atom is 0.0827 e. The third-order valence-corrected chi connectivity index (χ3v) is 1.76. The van der Waals surface area contributed by atoms with Crippen molar-refractivity contribution in [3.63, 3.8) is 0 Å². The van der Waals surface area contributed by atoms with Crippen LogP contribution in [0.4, 0.5) is 5.69 Å². The monoisotopic (exact) mass is 139 g/mol. The molecule has 1 rings (SSSR count). The second-order valence-electron chi connectivity index (χ2n) is 2.42. The number of nitrogens with zero attached hydrogens (tertiary/aromatic N) is 2. The van der Waals surface area contributed by atoms with E-state index in [1.807, 2.05) is 32.6 Å². The minimum atomic E-state index is 1.06. The Kier molecular flexibility index (Phi) is 1.66. The summed E-state index contributed by atoms with van der Waals surface area (Å²) in [5, 5.41) is 7.34. The van der Waals surface area contributed by atoms with E-state index >= 15 is 0 Å². The van der Waals surface area contributed by atoms with Gasteiger partial charge in [-0.05, 0) is 13.8 Å². The van der Waals surface area contributed by atoms with Crippen molar-refractivity contribution in [2.45, 2.75) is 13.8 Å². The van der Waals surface area contributed by atoms with Crippen LogP contribution in [0.15, 0.2) is 0 Å². The first-order valence-corrected chi connectivity index (χ1v) is 3.34. The average molecular weight is 139 g/mol. The highest BCUT2D eigenvalue weighted by Gasteiger charge is 2.05. The molecule has 1 aromatic rings. The SMILES string of the molecule is CNc1c(C)nn(C)c1C. The summed E-state index contributed by atoms with van der Waals surface area (Å²) in [6.45, 7) is 4.05. The van der Waals surface area contributed by atoms with E-state index in [0.717, 1.165) is 11.4 Å². The van der Waals surface area contributed by atoms with Gasteiger partial charge < -0.3 is 5.32 Å². The molecule has 0 saturated heterocycles. The zero-order valence-corrected chi connectivity index (χ0v) is 6.89. The molecule has 0 radical (unpaired) electrons. The number of hydrogen-bond acceptors (Lipinski definition) is 2. The molecule has 0 aliphatic carbocycles. The largest absolute Gasteiger partial charge is 0.385 e. The summed E-state index contributed by atoms with van der Waals surface area (Å²) in [5.41, 5.74) is 3.38. The maximum atomic E-state index is 4.24. The highest BCUT2D eigenvalue weighted by Crippen LogP contribution is 2.16. The van der Waals surface area contributed by atoms with Crippen molar-refractivity contribution < 1.29 is 0 Å². The molecule has 0 saturated carbocycles. The van der Waals surface area contributed by atoms with E-state index in [4.69, 9.17) is 0 Å². The van der Waals surface area contributed by atoms with Gasteiger partial charge in [0.1, 0.15) is 0 Å². The lowest BCUT2D eigenvalue weighted by Gasteiger charge is -1.97. The summed E-state index contributed by atoms with van der Waals surface area (Å²) in [4.78, 5) is 0. The summed E-state index contributed by atoms with van der Waals surface area (Å²) in [6, 6.07) is 0. The van der Waals surface area contributed by atoms with E-state index in [2.05, 4.69) is 10.4 Å². The third kappa shape index (κ3) is 0.875. The number of hydrogen-bond donors (Lipinski definition) is 1. The first-order valence-electron chi connectivity index (χ1n) is 3.34. The first kappa shape index (κ1) is 7.12. The predicted molar refractivity (Wildman–Crippen MR) is 42.2 cm³/mol. The molecule has 0 aliphatic rings. The third-order valence-electron chi connectivity index (χ3n) is 1.76. The van der Waals surface area contributed by atoms with Crippen molar-refractivity contribution >= 4 is 5.69 Å². The Morgan fingerprint density at radius 1 is 1.40 bits per heavy atom. The molecule has 0 spiro atoms. The van der Waals surface area contributed by atoms with Gasteiger partial charge in [-0.1, -0.05) is 0 Å². The zero-order valence-electron chi connectivity index (χ0n) is 6.89. The van der Waals surface area contributed by atoms with Gasteiger partial charge in [0.05, 0.1) is 17.1 Å². The highest BCUT2D eigenvalue weighted by molar-refractivity contribution is 5.51. The van der Waals surface area contributed by atoms with Crippen LogP contribution < -0.4 is 5.32 Å². The highest BCUT2D eigenvalue weighted by atomic mass is 15.3. The summed E-state index contributed by atoms with van der Waals surface area (Å²) in [7, 11) is 3.86. The van der Waals surface area contributed by atoms with Crippen molar-refractivity contribution in [3.05, 3.63) is 11.4 Å². The second-order valence-corrected chi connectivity index (χ2v) is 2.42. The second kappa shape index (κ2) is 2.33. The molecule has 0 amide bonds. The van der Waals surface area contributed by atoms with Crippen molar-refractivity contribution in [1.29, 1.82) is 0 Å². The number of aromatic nitrogens is 2. The van der Waals surface area contributed by atoms with Gasteiger partial charge in [0, 0.05) is 14.1 Å². The van der Waals surface area contributed by atoms with Crippen molar-refractivity contribution in [1.82, 2.24) is 9.78 Å². The van der Waals surface area contributed by atoms with Crippen molar-refractivity contribution in [3.8, 4) is 0 Å².